The van der Waals surface area contributed by atoms with Gasteiger partial charge in [-0.05, 0) is 29.3 Å². The third kappa shape index (κ3) is 4.70. The Morgan fingerprint density at radius 2 is 1.74 bits per heavy atom. The minimum absolute atomic E-state index is 0.146. The molecule has 0 saturated carbocycles. The molecule has 2 aromatic carbocycles. The predicted octanol–water partition coefficient (Wildman–Crippen LogP) is 3.13. The first-order valence-corrected chi connectivity index (χ1v) is 11.1. The van der Waals surface area contributed by atoms with Gasteiger partial charge in [0.25, 0.3) is 5.56 Å². The number of aromatic nitrogens is 4. The lowest BCUT2D eigenvalue weighted by Crippen LogP contribution is -2.40. The van der Waals surface area contributed by atoms with Crippen LogP contribution in [0.4, 0.5) is 5.69 Å². The maximum atomic E-state index is 13.5. The number of benzene rings is 2. The number of H-pyrrole nitrogens is 1. The summed E-state index contributed by atoms with van der Waals surface area (Å²) in [6.07, 6.45) is 3.49. The average Bonchev–Trinajstić information content (AvgIpc) is 3.50. The molecule has 5 aromatic rings. The van der Waals surface area contributed by atoms with Gasteiger partial charge in [0, 0.05) is 24.6 Å². The van der Waals surface area contributed by atoms with Crippen molar-refractivity contribution in [2.75, 3.05) is 5.32 Å². The number of imidazole rings is 1. The maximum Gasteiger partial charge on any atom is 0.333 e. The normalized spacial score (nSPS) is 11.1. The molecule has 5 rings (SSSR count). The van der Waals surface area contributed by atoms with Crippen molar-refractivity contribution in [1.29, 1.82) is 0 Å². The fraction of sp³-hybridized carbons (Fsp3) is 0.154. The molecule has 3 heterocycles. The summed E-state index contributed by atoms with van der Waals surface area (Å²) in [7, 11) is 0. The van der Waals surface area contributed by atoms with Gasteiger partial charge in [0.2, 0.25) is 5.91 Å². The predicted molar refractivity (Wildman–Crippen MR) is 132 cm³/mol. The highest BCUT2D eigenvalue weighted by Crippen LogP contribution is 2.16. The van der Waals surface area contributed by atoms with E-state index in [2.05, 4.69) is 15.3 Å². The number of anilines is 1. The smallest absolute Gasteiger partial charge is 0.333 e. The number of carbonyl (C=O) groups excluding carboxylic acids is 1. The number of nitrogens with one attached hydrogen (secondary N) is 2. The lowest BCUT2D eigenvalue weighted by atomic mass is 10.1. The molecule has 1 amide bonds. The highest BCUT2D eigenvalue weighted by molar-refractivity contribution is 5.88. The summed E-state index contributed by atoms with van der Waals surface area (Å²) >= 11 is 0. The maximum absolute atomic E-state index is 13.5. The van der Waals surface area contributed by atoms with Crippen LogP contribution in [0.5, 0.6) is 0 Å². The monoisotopic (exact) mass is 469 g/mol. The molecule has 0 spiro atoms. The molecule has 0 atom stereocenters. The van der Waals surface area contributed by atoms with Gasteiger partial charge < -0.3 is 14.7 Å². The van der Waals surface area contributed by atoms with Gasteiger partial charge in [0.05, 0.1) is 25.6 Å². The summed E-state index contributed by atoms with van der Waals surface area (Å²) in [5, 5.41) is 2.76. The Bertz CT molecular complexity index is 1610. The second-order valence-electron chi connectivity index (χ2n) is 8.32. The molecule has 0 fully saturated rings. The van der Waals surface area contributed by atoms with Crippen molar-refractivity contribution < 1.29 is 9.21 Å². The van der Waals surface area contributed by atoms with Gasteiger partial charge in [-0.3, -0.25) is 18.7 Å². The van der Waals surface area contributed by atoms with E-state index in [4.69, 9.17) is 4.42 Å². The van der Waals surface area contributed by atoms with Gasteiger partial charge >= 0.3 is 5.69 Å². The largest absolute Gasteiger partial charge is 0.472 e. The Morgan fingerprint density at radius 1 is 0.971 bits per heavy atom. The van der Waals surface area contributed by atoms with Crippen LogP contribution in [0.25, 0.3) is 11.2 Å². The van der Waals surface area contributed by atoms with E-state index in [0.717, 1.165) is 16.7 Å². The summed E-state index contributed by atoms with van der Waals surface area (Å²) in [5.74, 6) is 0.378. The van der Waals surface area contributed by atoms with Gasteiger partial charge in [-0.1, -0.05) is 42.5 Å². The SMILES string of the molecule is CC(=O)Nc1cccc(Cc2nc3c([nH]2)c(=O)n(Cc2ccccc2)c(=O)n3Cc2ccoc2)c1. The number of carbonyl (C=O) groups is 1. The van der Waals surface area contributed by atoms with E-state index in [1.165, 1.54) is 22.3 Å². The molecule has 0 unspecified atom stereocenters. The van der Waals surface area contributed by atoms with Crippen LogP contribution < -0.4 is 16.6 Å². The summed E-state index contributed by atoms with van der Waals surface area (Å²) in [6.45, 7) is 1.81. The second-order valence-corrected chi connectivity index (χ2v) is 8.32. The van der Waals surface area contributed by atoms with Crippen molar-refractivity contribution in [2.45, 2.75) is 26.4 Å². The van der Waals surface area contributed by atoms with E-state index in [1.54, 1.807) is 18.4 Å². The Labute approximate surface area is 199 Å². The third-order valence-electron chi connectivity index (χ3n) is 5.63. The molecule has 9 nitrogen and oxygen atoms in total. The minimum Gasteiger partial charge on any atom is -0.472 e. The number of fused-ring (bicyclic) bond motifs is 1. The molecule has 3 aromatic heterocycles. The molecule has 35 heavy (non-hydrogen) atoms. The lowest BCUT2D eigenvalue weighted by Gasteiger charge is -2.10. The number of amides is 1. The van der Waals surface area contributed by atoms with E-state index < -0.39 is 11.2 Å². The molecule has 9 heteroatoms. The minimum atomic E-state index is -0.446. The van der Waals surface area contributed by atoms with Crippen LogP contribution in [0.1, 0.15) is 29.4 Å². The van der Waals surface area contributed by atoms with Crippen LogP contribution >= 0.6 is 0 Å². The number of rotatable bonds is 7. The highest BCUT2D eigenvalue weighted by atomic mass is 16.3. The standard InChI is InChI=1S/C26H23N5O4/c1-17(32)27-21-9-5-8-19(12-21)13-22-28-23-24(29-22)30(15-20-10-11-35-16-20)26(34)31(25(23)33)14-18-6-3-2-4-7-18/h2-12,16H,13-15H2,1H3,(H,27,32)(H,28,29). The van der Waals surface area contributed by atoms with Gasteiger partial charge in [-0.25, -0.2) is 9.78 Å². The molecule has 0 aliphatic rings. The number of hydrogen-bond donors (Lipinski definition) is 2. The van der Waals surface area contributed by atoms with Crippen molar-refractivity contribution in [2.24, 2.45) is 0 Å². The topological polar surface area (TPSA) is 115 Å². The first kappa shape index (κ1) is 22.1. The zero-order valence-electron chi connectivity index (χ0n) is 19.0. The zero-order valence-corrected chi connectivity index (χ0v) is 19.0. The van der Waals surface area contributed by atoms with Gasteiger partial charge in [-0.15, -0.1) is 0 Å². The quantitative estimate of drug-likeness (QED) is 0.380. The lowest BCUT2D eigenvalue weighted by molar-refractivity contribution is -0.114. The first-order valence-electron chi connectivity index (χ1n) is 11.1. The van der Waals surface area contributed by atoms with E-state index in [1.807, 2.05) is 48.5 Å². The van der Waals surface area contributed by atoms with E-state index in [-0.39, 0.29) is 24.5 Å². The number of nitrogens with zero attached hydrogens (tertiary/aromatic N) is 3. The summed E-state index contributed by atoms with van der Waals surface area (Å²) in [4.78, 5) is 46.0. The average molecular weight is 470 g/mol. The van der Waals surface area contributed by atoms with Crippen LogP contribution in [0, 0.1) is 0 Å². The van der Waals surface area contributed by atoms with E-state index >= 15 is 0 Å². The van der Waals surface area contributed by atoms with Gasteiger partial charge in [-0.2, -0.15) is 0 Å². The fourth-order valence-electron chi connectivity index (χ4n) is 4.07. The Kier molecular flexibility index (Phi) is 5.88. The molecular formula is C26H23N5O4. The van der Waals surface area contributed by atoms with Crippen LogP contribution in [0.2, 0.25) is 0 Å². The molecule has 0 saturated heterocycles. The number of aromatic amines is 1. The van der Waals surface area contributed by atoms with Crippen LogP contribution in [0.3, 0.4) is 0 Å². The zero-order chi connectivity index (χ0) is 24.4. The molecule has 0 aliphatic heterocycles. The molecule has 2 N–H and O–H groups in total. The number of hydrogen-bond acceptors (Lipinski definition) is 5. The summed E-state index contributed by atoms with van der Waals surface area (Å²) < 4.78 is 7.87. The Balaban J connectivity index is 1.60. The van der Waals surface area contributed by atoms with Crippen LogP contribution in [-0.4, -0.2) is 25.0 Å². The first-order chi connectivity index (χ1) is 17.0. The van der Waals surface area contributed by atoms with Gasteiger partial charge in [0.1, 0.15) is 11.3 Å². The third-order valence-corrected chi connectivity index (χ3v) is 5.63. The fourth-order valence-corrected chi connectivity index (χ4v) is 4.07. The van der Waals surface area contributed by atoms with E-state index in [9.17, 15) is 14.4 Å². The molecular weight excluding hydrogens is 446 g/mol. The molecule has 0 radical (unpaired) electrons. The van der Waals surface area contributed by atoms with Crippen molar-refractivity contribution >= 4 is 22.8 Å². The van der Waals surface area contributed by atoms with Crippen molar-refractivity contribution in [3.63, 3.8) is 0 Å². The second kappa shape index (κ2) is 9.30. The van der Waals surface area contributed by atoms with Gasteiger partial charge in [0.15, 0.2) is 5.65 Å². The Hall–Kier alpha value is -4.66. The molecule has 0 aliphatic carbocycles. The Morgan fingerprint density at radius 3 is 2.49 bits per heavy atom. The van der Waals surface area contributed by atoms with E-state index in [0.29, 0.717) is 23.6 Å². The summed E-state index contributed by atoms with van der Waals surface area (Å²) in [6, 6.07) is 18.5. The highest BCUT2D eigenvalue weighted by Gasteiger charge is 2.18. The summed E-state index contributed by atoms with van der Waals surface area (Å²) in [5.41, 5.74) is 2.87. The van der Waals surface area contributed by atoms with Crippen LogP contribution in [-0.2, 0) is 24.3 Å². The number of furan rings is 1. The van der Waals surface area contributed by atoms with Crippen molar-refractivity contribution in [1.82, 2.24) is 19.1 Å². The van der Waals surface area contributed by atoms with Crippen molar-refractivity contribution in [3.8, 4) is 0 Å². The van der Waals surface area contributed by atoms with Crippen LogP contribution in [0.15, 0.2) is 87.2 Å². The van der Waals surface area contributed by atoms with Crippen molar-refractivity contribution in [3.05, 3.63) is 117 Å². The molecule has 0 bridgehead atoms. The molecule has 176 valence electrons.